The Morgan fingerprint density at radius 3 is 2.28 bits per heavy atom. The number of carbonyl (C=O) groups is 1. The Bertz CT molecular complexity index is 1030. The van der Waals surface area contributed by atoms with Crippen LogP contribution in [0.4, 0.5) is 13.2 Å². The van der Waals surface area contributed by atoms with E-state index >= 15 is 0 Å². The molecule has 1 fully saturated rings. The molecule has 0 aromatic heterocycles. The van der Waals surface area contributed by atoms with E-state index in [0.29, 0.717) is 6.42 Å². The van der Waals surface area contributed by atoms with E-state index < -0.39 is 38.5 Å². The van der Waals surface area contributed by atoms with E-state index in [9.17, 15) is 26.4 Å². The monoisotopic (exact) mass is 471 g/mol. The average molecular weight is 471 g/mol. The highest BCUT2D eigenvalue weighted by Crippen LogP contribution is 2.36. The third-order valence-corrected chi connectivity index (χ3v) is 7.35. The van der Waals surface area contributed by atoms with Crippen LogP contribution in [0.1, 0.15) is 24.0 Å². The zero-order chi connectivity index (χ0) is 23.4. The predicted octanol–water partition coefficient (Wildman–Crippen LogP) is 3.90. The van der Waals surface area contributed by atoms with Crippen molar-refractivity contribution in [3.05, 3.63) is 59.7 Å². The fourth-order valence-electron chi connectivity index (χ4n) is 3.58. The number of halogens is 3. The Hall–Kier alpha value is -2.59. The third kappa shape index (κ3) is 5.60. The number of ether oxygens (including phenoxy) is 2. The number of carbonyl (C=O) groups excluding carboxylic acids is 1. The van der Waals surface area contributed by atoms with Crippen LogP contribution >= 0.6 is 0 Å². The van der Waals surface area contributed by atoms with Crippen molar-refractivity contribution in [2.75, 3.05) is 26.8 Å². The van der Waals surface area contributed by atoms with Crippen molar-refractivity contribution in [1.29, 1.82) is 0 Å². The number of hydrogen-bond donors (Lipinski definition) is 0. The normalized spacial score (nSPS) is 16.0. The number of nitrogens with zero attached hydrogens (tertiary/aromatic N) is 1. The third-order valence-electron chi connectivity index (χ3n) is 5.39. The molecule has 1 aliphatic rings. The standard InChI is InChI=1S/C22H24F3NO5S/c1-30-18-8-6-16(7-9-18)12-15-31-21(27)17-10-13-26(14-11-17)32(28,29)20-5-3-2-4-19(20)22(23,24)25/h2-9,17H,10-15H2,1H3. The Balaban J connectivity index is 1.54. The summed E-state index contributed by atoms with van der Waals surface area (Å²) < 4.78 is 76.8. The molecule has 2 aromatic rings. The van der Waals surface area contributed by atoms with Gasteiger partial charge in [-0.25, -0.2) is 8.42 Å². The molecule has 0 unspecified atom stereocenters. The predicted molar refractivity (Wildman–Crippen MR) is 111 cm³/mol. The smallest absolute Gasteiger partial charge is 0.417 e. The second-order valence-electron chi connectivity index (χ2n) is 7.44. The van der Waals surface area contributed by atoms with Gasteiger partial charge >= 0.3 is 12.1 Å². The van der Waals surface area contributed by atoms with Crippen LogP contribution in [0.2, 0.25) is 0 Å². The summed E-state index contributed by atoms with van der Waals surface area (Å²) in [4.78, 5) is 11.6. The van der Waals surface area contributed by atoms with Crippen LogP contribution < -0.4 is 4.74 Å². The molecule has 6 nitrogen and oxygen atoms in total. The minimum Gasteiger partial charge on any atom is -0.497 e. The van der Waals surface area contributed by atoms with Gasteiger partial charge in [-0.15, -0.1) is 0 Å². The molecule has 32 heavy (non-hydrogen) atoms. The maximum Gasteiger partial charge on any atom is 0.417 e. The Kier molecular flexibility index (Phi) is 7.45. The van der Waals surface area contributed by atoms with Gasteiger partial charge in [0.2, 0.25) is 10.0 Å². The lowest BCUT2D eigenvalue weighted by Crippen LogP contribution is -2.41. The second kappa shape index (κ2) is 9.91. The van der Waals surface area contributed by atoms with Crippen LogP contribution in [0.25, 0.3) is 0 Å². The van der Waals surface area contributed by atoms with Gasteiger partial charge in [0.1, 0.15) is 5.75 Å². The first-order valence-corrected chi connectivity index (χ1v) is 11.5. The number of piperidine rings is 1. The lowest BCUT2D eigenvalue weighted by atomic mass is 9.98. The molecule has 2 aromatic carbocycles. The number of rotatable bonds is 7. The SMILES string of the molecule is COc1ccc(CCOC(=O)C2CCN(S(=O)(=O)c3ccccc3C(F)(F)F)CC2)cc1. The van der Waals surface area contributed by atoms with Crippen molar-refractivity contribution >= 4 is 16.0 Å². The highest BCUT2D eigenvalue weighted by Gasteiger charge is 2.40. The molecule has 0 atom stereocenters. The summed E-state index contributed by atoms with van der Waals surface area (Å²) in [6.45, 7) is 0.0855. The van der Waals surface area contributed by atoms with E-state index in [0.717, 1.165) is 33.8 Å². The van der Waals surface area contributed by atoms with Crippen LogP contribution in [0.3, 0.4) is 0 Å². The molecule has 0 aliphatic carbocycles. The second-order valence-corrected chi connectivity index (χ2v) is 9.34. The summed E-state index contributed by atoms with van der Waals surface area (Å²) in [5.74, 6) is -0.188. The number of alkyl halides is 3. The zero-order valence-electron chi connectivity index (χ0n) is 17.5. The van der Waals surface area contributed by atoms with Crippen molar-refractivity contribution in [3.63, 3.8) is 0 Å². The minimum atomic E-state index is -4.78. The maximum absolute atomic E-state index is 13.2. The first kappa shape index (κ1) is 24.1. The summed E-state index contributed by atoms with van der Waals surface area (Å²) in [7, 11) is -2.76. The number of methoxy groups -OCH3 is 1. The molecule has 0 bridgehead atoms. The molecule has 1 aliphatic heterocycles. The zero-order valence-corrected chi connectivity index (χ0v) is 18.3. The molecular weight excluding hydrogens is 447 g/mol. The van der Waals surface area contributed by atoms with Gasteiger partial charge in [0, 0.05) is 19.5 Å². The molecule has 0 saturated carbocycles. The Labute approximate surface area is 185 Å². The van der Waals surface area contributed by atoms with Crippen LogP contribution in [-0.2, 0) is 32.2 Å². The van der Waals surface area contributed by atoms with Gasteiger partial charge in [0.25, 0.3) is 0 Å². The summed E-state index contributed by atoms with van der Waals surface area (Å²) in [6.07, 6.45) is -3.88. The van der Waals surface area contributed by atoms with E-state index in [-0.39, 0.29) is 32.5 Å². The highest BCUT2D eigenvalue weighted by atomic mass is 32.2. The van der Waals surface area contributed by atoms with Gasteiger partial charge in [0.15, 0.2) is 0 Å². The number of sulfonamides is 1. The Morgan fingerprint density at radius 1 is 1.06 bits per heavy atom. The fourth-order valence-corrected chi connectivity index (χ4v) is 5.26. The van der Waals surface area contributed by atoms with Gasteiger partial charge in [-0.1, -0.05) is 24.3 Å². The van der Waals surface area contributed by atoms with Crippen LogP contribution in [0.5, 0.6) is 5.75 Å². The maximum atomic E-state index is 13.2. The van der Waals surface area contributed by atoms with E-state index in [2.05, 4.69) is 0 Å². The van der Waals surface area contributed by atoms with Gasteiger partial charge in [-0.05, 0) is 42.7 Å². The molecule has 3 rings (SSSR count). The van der Waals surface area contributed by atoms with E-state index in [1.807, 2.05) is 24.3 Å². The summed E-state index contributed by atoms with van der Waals surface area (Å²) >= 11 is 0. The summed E-state index contributed by atoms with van der Waals surface area (Å²) in [6, 6.07) is 11.5. The molecule has 1 saturated heterocycles. The quantitative estimate of drug-likeness (QED) is 0.573. The molecule has 0 amide bonds. The fraction of sp³-hybridized carbons (Fsp3) is 0.409. The first-order valence-electron chi connectivity index (χ1n) is 10.1. The molecule has 0 radical (unpaired) electrons. The average Bonchev–Trinajstić information content (AvgIpc) is 2.79. The van der Waals surface area contributed by atoms with Crippen molar-refractivity contribution < 1.29 is 35.9 Å². The summed E-state index contributed by atoms with van der Waals surface area (Å²) in [5.41, 5.74) is -0.220. The van der Waals surface area contributed by atoms with Crippen molar-refractivity contribution in [2.24, 2.45) is 5.92 Å². The van der Waals surface area contributed by atoms with Crippen molar-refractivity contribution in [1.82, 2.24) is 4.31 Å². The van der Waals surface area contributed by atoms with Gasteiger partial charge in [-0.3, -0.25) is 4.79 Å². The molecule has 10 heteroatoms. The molecule has 174 valence electrons. The lowest BCUT2D eigenvalue weighted by molar-refractivity contribution is -0.149. The lowest BCUT2D eigenvalue weighted by Gasteiger charge is -2.30. The molecule has 0 spiro atoms. The first-order chi connectivity index (χ1) is 15.1. The topological polar surface area (TPSA) is 72.9 Å². The van der Waals surface area contributed by atoms with E-state index in [1.54, 1.807) is 7.11 Å². The summed E-state index contributed by atoms with van der Waals surface area (Å²) in [5, 5.41) is 0. The Morgan fingerprint density at radius 2 is 1.69 bits per heavy atom. The molecular formula is C22H24F3NO5S. The van der Waals surface area contributed by atoms with Crippen molar-refractivity contribution in [3.8, 4) is 5.75 Å². The van der Waals surface area contributed by atoms with Crippen LogP contribution in [-0.4, -0.2) is 45.5 Å². The van der Waals surface area contributed by atoms with Gasteiger partial charge < -0.3 is 9.47 Å². The van der Waals surface area contributed by atoms with Gasteiger partial charge in [0.05, 0.1) is 30.1 Å². The van der Waals surface area contributed by atoms with Crippen LogP contribution in [0, 0.1) is 5.92 Å². The van der Waals surface area contributed by atoms with E-state index in [4.69, 9.17) is 9.47 Å². The minimum absolute atomic E-state index is 0.0488. The number of benzene rings is 2. The largest absolute Gasteiger partial charge is 0.497 e. The van der Waals surface area contributed by atoms with E-state index in [1.165, 1.54) is 6.07 Å². The van der Waals surface area contributed by atoms with Gasteiger partial charge in [-0.2, -0.15) is 17.5 Å². The molecule has 1 heterocycles. The van der Waals surface area contributed by atoms with Crippen LogP contribution in [0.15, 0.2) is 53.4 Å². The highest BCUT2D eigenvalue weighted by molar-refractivity contribution is 7.89. The number of hydrogen-bond acceptors (Lipinski definition) is 5. The number of esters is 1. The molecule has 0 N–H and O–H groups in total. The van der Waals surface area contributed by atoms with Crippen molar-refractivity contribution in [2.45, 2.75) is 30.3 Å².